The zero-order chi connectivity index (χ0) is 24.9. The molecule has 184 valence electrons. The lowest BCUT2D eigenvalue weighted by molar-refractivity contribution is -0.122. The number of fused-ring (bicyclic) bond motifs is 5. The second-order valence-electron chi connectivity index (χ2n) is 10.6. The highest BCUT2D eigenvalue weighted by Crippen LogP contribution is 2.59. The van der Waals surface area contributed by atoms with Crippen LogP contribution in [0.15, 0.2) is 60.8 Å². The van der Waals surface area contributed by atoms with E-state index in [0.717, 1.165) is 60.1 Å². The summed E-state index contributed by atoms with van der Waals surface area (Å²) in [5, 5.41) is 32.0. The van der Waals surface area contributed by atoms with Crippen molar-refractivity contribution in [3.8, 4) is 17.5 Å². The van der Waals surface area contributed by atoms with Gasteiger partial charge in [0.25, 0.3) is 0 Å². The van der Waals surface area contributed by atoms with Crippen molar-refractivity contribution in [1.29, 1.82) is 5.26 Å². The molecule has 7 heteroatoms. The van der Waals surface area contributed by atoms with Crippen LogP contribution in [0, 0.1) is 16.9 Å². The van der Waals surface area contributed by atoms with Crippen molar-refractivity contribution in [3.05, 3.63) is 72.1 Å². The summed E-state index contributed by atoms with van der Waals surface area (Å²) < 4.78 is 4.03. The zero-order valence-electron chi connectivity index (χ0n) is 20.9. The van der Waals surface area contributed by atoms with E-state index in [1.54, 1.807) is 0 Å². The second kappa shape index (κ2) is 8.49. The molecule has 1 fully saturated rings. The summed E-state index contributed by atoms with van der Waals surface area (Å²) in [6, 6.07) is 18.4. The minimum atomic E-state index is -1.02. The molecule has 2 aromatic carbocycles. The van der Waals surface area contributed by atoms with E-state index < -0.39 is 5.72 Å². The number of hydrogen-bond acceptors (Lipinski definition) is 5. The van der Waals surface area contributed by atoms with Crippen molar-refractivity contribution in [2.45, 2.75) is 64.3 Å². The van der Waals surface area contributed by atoms with Crippen LogP contribution in [0.2, 0.25) is 0 Å². The quantitative estimate of drug-likeness (QED) is 0.396. The normalized spacial score (nSPS) is 25.4. The highest BCUT2D eigenvalue weighted by molar-refractivity contribution is 5.86. The Bertz CT molecular complexity index is 1450. The van der Waals surface area contributed by atoms with Crippen molar-refractivity contribution >= 4 is 10.9 Å². The third kappa shape index (κ3) is 3.43. The van der Waals surface area contributed by atoms with Gasteiger partial charge in [0.05, 0.1) is 17.8 Å². The van der Waals surface area contributed by atoms with E-state index in [9.17, 15) is 10.4 Å². The molecule has 4 aromatic rings. The predicted molar refractivity (Wildman–Crippen MR) is 139 cm³/mol. The lowest BCUT2D eigenvalue weighted by Gasteiger charge is -2.55. The largest absolute Gasteiger partial charge is 0.371 e. The van der Waals surface area contributed by atoms with E-state index in [2.05, 4.69) is 46.2 Å². The van der Waals surface area contributed by atoms with Gasteiger partial charge in [0.2, 0.25) is 0 Å². The van der Waals surface area contributed by atoms with Gasteiger partial charge < -0.3 is 14.6 Å². The number of likely N-dealkylation sites (tertiary alicyclic amines) is 1. The molecule has 7 nitrogen and oxygen atoms in total. The minimum Gasteiger partial charge on any atom is -0.371 e. The molecule has 0 bridgehead atoms. The molecular weight excluding hydrogens is 448 g/mol. The van der Waals surface area contributed by atoms with Crippen LogP contribution in [0.25, 0.3) is 22.2 Å². The van der Waals surface area contributed by atoms with E-state index in [4.69, 9.17) is 0 Å². The highest BCUT2D eigenvalue weighted by Gasteiger charge is 2.55. The van der Waals surface area contributed by atoms with Gasteiger partial charge in [0.15, 0.2) is 6.19 Å². The second-order valence-corrected chi connectivity index (χ2v) is 10.6. The van der Waals surface area contributed by atoms with Gasteiger partial charge in [-0.1, -0.05) is 60.7 Å². The van der Waals surface area contributed by atoms with Crippen LogP contribution in [0.3, 0.4) is 0 Å². The standard InChI is InChI=1S/C29H32N6O/c1-3-29-15-9-16-33(20-30)27(29)26-23(22-12-7-8-13-25(22)35(26)28(2,36)19-29)14-17-34-18-24(31-32-34)21-10-5-4-6-11-21/h4-8,10-13,18,27,36H,3,9,14-17,19H2,1-2H3/t27-,28-,29+/m1/s1. The fourth-order valence-corrected chi connectivity index (χ4v) is 6.94. The molecular formula is C29H32N6O. The number of para-hydroxylation sites is 1. The van der Waals surface area contributed by atoms with Crippen LogP contribution in [-0.4, -0.2) is 36.1 Å². The van der Waals surface area contributed by atoms with E-state index in [0.29, 0.717) is 13.0 Å². The Morgan fingerprint density at radius 2 is 1.92 bits per heavy atom. The molecule has 1 saturated heterocycles. The average Bonchev–Trinajstić information content (AvgIpc) is 3.50. The first-order chi connectivity index (χ1) is 17.5. The first-order valence-corrected chi connectivity index (χ1v) is 12.9. The lowest BCUT2D eigenvalue weighted by atomic mass is 9.63. The number of nitrogens with zero attached hydrogens (tertiary/aromatic N) is 6. The SMILES string of the molecule is CC[C@@]12CCCN(C#N)[C@@H]1c1c(CCn3cc(-c4ccccc4)nn3)c3ccccc3n1[C@](C)(O)C2. The zero-order valence-corrected chi connectivity index (χ0v) is 20.9. The van der Waals surface area contributed by atoms with Crippen LogP contribution in [-0.2, 0) is 18.7 Å². The summed E-state index contributed by atoms with van der Waals surface area (Å²) in [5.41, 5.74) is 4.08. The van der Waals surface area contributed by atoms with Crippen LogP contribution in [0.4, 0.5) is 0 Å². The van der Waals surface area contributed by atoms with Gasteiger partial charge in [-0.05, 0) is 44.2 Å². The molecule has 2 aliphatic heterocycles. The number of aromatic nitrogens is 4. The topological polar surface area (TPSA) is 82.9 Å². The Hall–Kier alpha value is -3.63. The predicted octanol–water partition coefficient (Wildman–Crippen LogP) is 5.23. The Kier molecular flexibility index (Phi) is 5.38. The first kappa shape index (κ1) is 22.8. The first-order valence-electron chi connectivity index (χ1n) is 12.9. The van der Waals surface area contributed by atoms with Gasteiger partial charge in [-0.2, -0.15) is 5.26 Å². The van der Waals surface area contributed by atoms with E-state index in [1.165, 1.54) is 5.56 Å². The average molecular weight is 481 g/mol. The van der Waals surface area contributed by atoms with Crippen LogP contribution in [0.1, 0.15) is 56.8 Å². The van der Waals surface area contributed by atoms with Gasteiger partial charge in [-0.3, -0.25) is 4.68 Å². The van der Waals surface area contributed by atoms with Gasteiger partial charge >= 0.3 is 0 Å². The molecule has 6 rings (SSSR count). The van der Waals surface area contributed by atoms with Crippen molar-refractivity contribution in [3.63, 3.8) is 0 Å². The fourth-order valence-electron chi connectivity index (χ4n) is 6.94. The highest BCUT2D eigenvalue weighted by atomic mass is 16.3. The molecule has 36 heavy (non-hydrogen) atoms. The van der Waals surface area contributed by atoms with Gasteiger partial charge in [0.1, 0.15) is 11.4 Å². The Labute approximate surface area is 211 Å². The number of aliphatic hydroxyl groups is 1. The van der Waals surface area contributed by atoms with Crippen molar-refractivity contribution in [2.24, 2.45) is 5.41 Å². The van der Waals surface area contributed by atoms with Crippen molar-refractivity contribution in [2.75, 3.05) is 6.54 Å². The fraction of sp³-hybridized carbons (Fsp3) is 0.414. The summed E-state index contributed by atoms with van der Waals surface area (Å²) in [4.78, 5) is 1.97. The van der Waals surface area contributed by atoms with Crippen LogP contribution < -0.4 is 0 Å². The van der Waals surface area contributed by atoms with E-state index >= 15 is 0 Å². The molecule has 0 aliphatic carbocycles. The Balaban J connectivity index is 1.46. The maximum Gasteiger partial charge on any atom is 0.179 e. The molecule has 0 saturated carbocycles. The van der Waals surface area contributed by atoms with E-state index in [1.807, 2.05) is 59.1 Å². The van der Waals surface area contributed by atoms with Crippen molar-refractivity contribution < 1.29 is 5.11 Å². The summed E-state index contributed by atoms with van der Waals surface area (Å²) in [6.07, 6.45) is 8.82. The third-order valence-corrected chi connectivity index (χ3v) is 8.44. The molecule has 4 heterocycles. The number of benzene rings is 2. The number of aryl methyl sites for hydroxylation is 2. The maximum atomic E-state index is 11.9. The lowest BCUT2D eigenvalue weighted by Crippen LogP contribution is -2.54. The van der Waals surface area contributed by atoms with Gasteiger partial charge in [-0.15, -0.1) is 5.10 Å². The van der Waals surface area contributed by atoms with Crippen molar-refractivity contribution in [1.82, 2.24) is 24.5 Å². The molecule has 1 N–H and O–H groups in total. The summed E-state index contributed by atoms with van der Waals surface area (Å²) >= 11 is 0. The maximum absolute atomic E-state index is 11.9. The van der Waals surface area contributed by atoms with Crippen LogP contribution >= 0.6 is 0 Å². The van der Waals surface area contributed by atoms with Crippen LogP contribution in [0.5, 0.6) is 0 Å². The minimum absolute atomic E-state index is 0.0421. The van der Waals surface area contributed by atoms with E-state index in [-0.39, 0.29) is 11.5 Å². The molecule has 2 aromatic heterocycles. The van der Waals surface area contributed by atoms with Gasteiger partial charge in [0, 0.05) is 41.6 Å². The molecule has 0 unspecified atom stereocenters. The summed E-state index contributed by atoms with van der Waals surface area (Å²) in [5.74, 6) is 0. The number of piperidine rings is 1. The molecule has 3 atom stereocenters. The number of nitriles is 1. The van der Waals surface area contributed by atoms with Gasteiger partial charge in [-0.25, -0.2) is 0 Å². The number of hydrogen-bond donors (Lipinski definition) is 1. The smallest absolute Gasteiger partial charge is 0.179 e. The molecule has 0 spiro atoms. The Morgan fingerprint density at radius 1 is 1.14 bits per heavy atom. The number of rotatable bonds is 5. The summed E-state index contributed by atoms with van der Waals surface area (Å²) in [6.45, 7) is 5.58. The monoisotopic (exact) mass is 480 g/mol. The molecule has 0 radical (unpaired) electrons. The molecule has 2 aliphatic rings. The molecule has 0 amide bonds. The summed E-state index contributed by atoms with van der Waals surface area (Å²) in [7, 11) is 0. The Morgan fingerprint density at radius 3 is 2.69 bits per heavy atom. The third-order valence-electron chi connectivity index (χ3n) is 8.44.